The van der Waals surface area contributed by atoms with Crippen LogP contribution in [0, 0.1) is 0 Å². The Morgan fingerprint density at radius 1 is 0.933 bits per heavy atom. The van der Waals surface area contributed by atoms with Crippen molar-refractivity contribution in [2.75, 3.05) is 6.61 Å². The summed E-state index contributed by atoms with van der Waals surface area (Å²) in [4.78, 5) is 17.9. The zero-order valence-corrected chi connectivity index (χ0v) is 18.3. The van der Waals surface area contributed by atoms with E-state index in [-0.39, 0.29) is 17.0 Å². The highest BCUT2D eigenvalue weighted by atomic mass is 79.9. The predicted octanol–water partition coefficient (Wildman–Crippen LogP) is 6.02. The third kappa shape index (κ3) is 5.23. The van der Waals surface area contributed by atoms with E-state index in [4.69, 9.17) is 14.5 Å². The fourth-order valence-corrected chi connectivity index (χ4v) is 4.44. The van der Waals surface area contributed by atoms with Crippen molar-refractivity contribution in [2.45, 2.75) is 18.2 Å². The molecule has 0 atom stereocenters. The Hall–Kier alpha value is -1.89. The molecule has 0 aliphatic heterocycles. The van der Waals surface area contributed by atoms with Gasteiger partial charge in [0.25, 0.3) is 0 Å². The molecule has 0 aromatic heterocycles. The zero-order chi connectivity index (χ0) is 21.8. The summed E-state index contributed by atoms with van der Waals surface area (Å²) >= 11 is 2.99. The van der Waals surface area contributed by atoms with E-state index in [2.05, 4.69) is 15.9 Å². The number of rotatable bonds is 8. The van der Waals surface area contributed by atoms with Crippen LogP contribution in [0.4, 0.5) is 8.78 Å². The summed E-state index contributed by atoms with van der Waals surface area (Å²) in [7, 11) is -5.63. The number of alkyl halides is 2. The van der Waals surface area contributed by atoms with Gasteiger partial charge in [-0.05, 0) is 22.8 Å². The minimum absolute atomic E-state index is 0.00843. The lowest BCUT2D eigenvalue weighted by Crippen LogP contribution is -2.15. The van der Waals surface area contributed by atoms with E-state index >= 15 is 0 Å². The molecule has 3 rings (SSSR count). The van der Waals surface area contributed by atoms with Crippen LogP contribution >= 0.6 is 23.5 Å². The summed E-state index contributed by atoms with van der Waals surface area (Å²) in [5, 5.41) is 0. The summed E-state index contributed by atoms with van der Waals surface area (Å²) < 4.78 is 44.8. The monoisotopic (exact) mass is 496 g/mol. The van der Waals surface area contributed by atoms with Crippen LogP contribution in [0.1, 0.15) is 28.2 Å². The highest BCUT2D eigenvalue weighted by molar-refractivity contribution is 9.10. The lowest BCUT2D eigenvalue weighted by Gasteiger charge is -2.20. The van der Waals surface area contributed by atoms with Crippen LogP contribution in [0.2, 0.25) is 0 Å². The van der Waals surface area contributed by atoms with Gasteiger partial charge in [0.15, 0.2) is 0 Å². The largest absolute Gasteiger partial charge is 0.399 e. The molecule has 0 unspecified atom stereocenters. The summed E-state index contributed by atoms with van der Waals surface area (Å²) in [6, 6.07) is 23.6. The van der Waals surface area contributed by atoms with Crippen molar-refractivity contribution in [1.29, 1.82) is 0 Å². The van der Waals surface area contributed by atoms with Crippen LogP contribution in [-0.4, -0.2) is 16.4 Å². The molecule has 0 bridgehead atoms. The molecule has 0 saturated heterocycles. The fourth-order valence-electron chi connectivity index (χ4n) is 3.10. The normalized spacial score (nSPS) is 12.3. The van der Waals surface area contributed by atoms with Gasteiger partial charge < -0.3 is 14.5 Å². The molecule has 0 spiro atoms. The first-order chi connectivity index (χ1) is 14.2. The predicted molar refractivity (Wildman–Crippen MR) is 114 cm³/mol. The number of ether oxygens (including phenoxy) is 1. The van der Waals surface area contributed by atoms with Gasteiger partial charge in [-0.3, -0.25) is 4.57 Å². The lowest BCUT2D eigenvalue weighted by atomic mass is 9.92. The van der Waals surface area contributed by atoms with Gasteiger partial charge >= 0.3 is 13.3 Å². The van der Waals surface area contributed by atoms with E-state index in [1.165, 1.54) is 12.1 Å². The topological polar surface area (TPSA) is 66.8 Å². The fraction of sp³-hybridized carbons (Fsp3) is 0.182. The first-order valence-electron chi connectivity index (χ1n) is 9.10. The Bertz CT molecular complexity index is 986. The van der Waals surface area contributed by atoms with Crippen molar-refractivity contribution < 1.29 is 27.9 Å². The van der Waals surface area contributed by atoms with Crippen LogP contribution in [-0.2, 0) is 21.6 Å². The van der Waals surface area contributed by atoms with E-state index in [9.17, 15) is 13.3 Å². The first-order valence-corrected chi connectivity index (χ1v) is 11.5. The van der Waals surface area contributed by atoms with Gasteiger partial charge in [0.2, 0.25) is 0 Å². The molecule has 3 aromatic rings. The Morgan fingerprint density at radius 2 is 1.47 bits per heavy atom. The molecule has 0 aliphatic rings. The lowest BCUT2D eigenvalue weighted by molar-refractivity contribution is 0.0556. The summed E-state index contributed by atoms with van der Waals surface area (Å²) in [6.45, 7) is 0.544. The van der Waals surface area contributed by atoms with Gasteiger partial charge in [-0.25, -0.2) is 0 Å². The summed E-state index contributed by atoms with van der Waals surface area (Å²) in [5.74, 6) is 0.00843. The van der Waals surface area contributed by atoms with Crippen LogP contribution in [0.25, 0.3) is 0 Å². The smallest absolute Gasteiger partial charge is 0.376 e. The highest BCUT2D eigenvalue weighted by Gasteiger charge is 2.51. The van der Waals surface area contributed by atoms with Gasteiger partial charge in [-0.15, -0.1) is 0 Å². The average molecular weight is 497 g/mol. The highest BCUT2D eigenvalue weighted by Crippen LogP contribution is 2.60. The van der Waals surface area contributed by atoms with E-state index in [1.807, 2.05) is 60.7 Å². The van der Waals surface area contributed by atoms with Gasteiger partial charge in [0.05, 0.1) is 13.2 Å². The molecule has 0 aliphatic carbocycles. The Morgan fingerprint density at radius 3 is 1.93 bits per heavy atom. The number of benzene rings is 3. The quantitative estimate of drug-likeness (QED) is 0.374. The molecule has 0 heterocycles. The Labute approximate surface area is 181 Å². The molecule has 3 aromatic carbocycles. The van der Waals surface area contributed by atoms with Gasteiger partial charge in [0.1, 0.15) is 0 Å². The number of hydrogen-bond donors (Lipinski definition) is 2. The molecule has 4 nitrogen and oxygen atoms in total. The SMILES string of the molecule is O=P(O)(O)C(F)(F)c1ccc(COCC(c2ccccc2)c2ccccc2)cc1Br. The van der Waals surface area contributed by atoms with E-state index in [0.29, 0.717) is 12.2 Å². The maximum atomic E-state index is 14.0. The first kappa shape index (κ1) is 22.8. The second-order valence-electron chi connectivity index (χ2n) is 6.79. The zero-order valence-electron chi connectivity index (χ0n) is 15.8. The minimum Gasteiger partial charge on any atom is -0.376 e. The van der Waals surface area contributed by atoms with E-state index in [0.717, 1.165) is 17.2 Å². The van der Waals surface area contributed by atoms with E-state index < -0.39 is 18.8 Å². The summed E-state index contributed by atoms with van der Waals surface area (Å²) in [5.41, 5.74) is -2.22. The Kier molecular flexibility index (Phi) is 7.22. The van der Waals surface area contributed by atoms with Crippen LogP contribution < -0.4 is 0 Å². The molecular formula is C22H20BrF2O4P. The number of halogens is 3. The van der Waals surface area contributed by atoms with Crippen molar-refractivity contribution in [1.82, 2.24) is 0 Å². The molecule has 2 N–H and O–H groups in total. The molecule has 0 amide bonds. The standard InChI is InChI=1S/C22H20BrF2O4P/c23-21-13-16(11-12-20(21)22(24,25)30(26,27)28)14-29-15-19(17-7-3-1-4-8-17)18-9-5-2-6-10-18/h1-13,19H,14-15H2,(H2,26,27,28). The summed E-state index contributed by atoms with van der Waals surface area (Å²) in [6.07, 6.45) is 0. The molecule has 8 heteroatoms. The molecule has 0 fully saturated rings. The van der Waals surface area contributed by atoms with Gasteiger partial charge in [-0.1, -0.05) is 88.7 Å². The number of hydrogen-bond acceptors (Lipinski definition) is 2. The molecule has 0 radical (unpaired) electrons. The average Bonchev–Trinajstić information content (AvgIpc) is 2.71. The van der Waals surface area contributed by atoms with Crippen molar-refractivity contribution >= 4 is 23.5 Å². The van der Waals surface area contributed by atoms with E-state index in [1.54, 1.807) is 0 Å². The molecule has 0 saturated carbocycles. The maximum Gasteiger partial charge on any atom is 0.399 e. The van der Waals surface area contributed by atoms with Gasteiger partial charge in [0, 0.05) is 16.0 Å². The molecule has 158 valence electrons. The second-order valence-corrected chi connectivity index (χ2v) is 9.29. The minimum atomic E-state index is -5.63. The molecular weight excluding hydrogens is 477 g/mol. The van der Waals surface area contributed by atoms with Crippen LogP contribution in [0.15, 0.2) is 83.3 Å². The third-order valence-electron chi connectivity index (χ3n) is 4.68. The molecule has 30 heavy (non-hydrogen) atoms. The van der Waals surface area contributed by atoms with Crippen molar-refractivity contribution in [3.63, 3.8) is 0 Å². The third-order valence-corrected chi connectivity index (χ3v) is 6.31. The van der Waals surface area contributed by atoms with Crippen molar-refractivity contribution in [2.24, 2.45) is 0 Å². The van der Waals surface area contributed by atoms with Crippen molar-refractivity contribution in [3.8, 4) is 0 Å². The van der Waals surface area contributed by atoms with Crippen LogP contribution in [0.5, 0.6) is 0 Å². The maximum absolute atomic E-state index is 14.0. The van der Waals surface area contributed by atoms with Gasteiger partial charge in [-0.2, -0.15) is 8.78 Å². The van der Waals surface area contributed by atoms with Crippen LogP contribution in [0.3, 0.4) is 0 Å². The Balaban J connectivity index is 1.73. The second kappa shape index (κ2) is 9.50. The van der Waals surface area contributed by atoms with Crippen molar-refractivity contribution in [3.05, 3.63) is 106 Å².